The van der Waals surface area contributed by atoms with E-state index in [1.165, 1.54) is 50.6 Å². The van der Waals surface area contributed by atoms with Gasteiger partial charge in [0, 0.05) is 18.0 Å². The summed E-state index contributed by atoms with van der Waals surface area (Å²) in [7, 11) is 0. The lowest BCUT2D eigenvalue weighted by atomic mass is 9.67. The van der Waals surface area contributed by atoms with Gasteiger partial charge in [-0.05, 0) is 56.9 Å². The van der Waals surface area contributed by atoms with E-state index in [0.717, 1.165) is 12.0 Å². The summed E-state index contributed by atoms with van der Waals surface area (Å²) in [5.41, 5.74) is 3.35. The largest absolute Gasteiger partial charge is 0.313 e. The van der Waals surface area contributed by atoms with Crippen molar-refractivity contribution < 1.29 is 0 Å². The fourth-order valence-corrected chi connectivity index (χ4v) is 3.42. The van der Waals surface area contributed by atoms with Crippen molar-refractivity contribution in [2.45, 2.75) is 63.8 Å². The Labute approximate surface area is 117 Å². The quantitative estimate of drug-likeness (QED) is 0.852. The van der Waals surface area contributed by atoms with Crippen LogP contribution in [0.1, 0.15) is 56.6 Å². The summed E-state index contributed by atoms with van der Waals surface area (Å²) in [6.45, 7) is 5.78. The van der Waals surface area contributed by atoms with Gasteiger partial charge in [-0.1, -0.05) is 36.8 Å². The van der Waals surface area contributed by atoms with Gasteiger partial charge in [0.25, 0.3) is 0 Å². The molecule has 1 N–H and O–H groups in total. The molecule has 2 aliphatic carbocycles. The number of rotatable bonds is 4. The standard InChI is InChI=1S/C18H27N/c1-14-3-5-16(6-4-14)18(13-19-17-7-8-17)11-9-15(2)10-12-18/h3-6,15,17,19H,7-13H2,1-2H3. The minimum absolute atomic E-state index is 0.406. The van der Waals surface area contributed by atoms with Gasteiger partial charge < -0.3 is 5.32 Å². The Morgan fingerprint density at radius 3 is 2.26 bits per heavy atom. The summed E-state index contributed by atoms with van der Waals surface area (Å²) in [6.07, 6.45) is 8.27. The molecule has 1 aromatic rings. The van der Waals surface area contributed by atoms with Gasteiger partial charge in [0.1, 0.15) is 0 Å². The van der Waals surface area contributed by atoms with Crippen LogP contribution in [0.3, 0.4) is 0 Å². The molecule has 0 aliphatic heterocycles. The van der Waals surface area contributed by atoms with Crippen LogP contribution in [-0.4, -0.2) is 12.6 Å². The third kappa shape index (κ3) is 3.02. The van der Waals surface area contributed by atoms with E-state index in [2.05, 4.69) is 43.4 Å². The van der Waals surface area contributed by atoms with Crippen molar-refractivity contribution in [3.05, 3.63) is 35.4 Å². The first-order chi connectivity index (χ1) is 9.18. The molecule has 0 unspecified atom stereocenters. The molecule has 0 atom stereocenters. The molecule has 1 heteroatoms. The minimum atomic E-state index is 0.406. The van der Waals surface area contributed by atoms with Crippen LogP contribution in [0.2, 0.25) is 0 Å². The SMILES string of the molecule is Cc1ccc(C2(CNC3CC3)CCC(C)CC2)cc1. The Kier molecular flexibility index (Phi) is 3.66. The van der Waals surface area contributed by atoms with Crippen LogP contribution in [0.25, 0.3) is 0 Å². The minimum Gasteiger partial charge on any atom is -0.313 e. The summed E-state index contributed by atoms with van der Waals surface area (Å²) in [5, 5.41) is 3.80. The first-order valence-corrected chi connectivity index (χ1v) is 7.98. The smallest absolute Gasteiger partial charge is 0.00780 e. The number of hydrogen-bond acceptors (Lipinski definition) is 1. The fourth-order valence-electron chi connectivity index (χ4n) is 3.42. The van der Waals surface area contributed by atoms with E-state index in [4.69, 9.17) is 0 Å². The average Bonchev–Trinajstić information content (AvgIpc) is 3.24. The molecule has 2 saturated carbocycles. The molecular weight excluding hydrogens is 230 g/mol. The average molecular weight is 257 g/mol. The molecule has 0 heterocycles. The fraction of sp³-hybridized carbons (Fsp3) is 0.667. The third-order valence-electron chi connectivity index (χ3n) is 5.20. The number of benzene rings is 1. The molecular formula is C18H27N. The second kappa shape index (κ2) is 5.28. The lowest BCUT2D eigenvalue weighted by Gasteiger charge is -2.40. The summed E-state index contributed by atoms with van der Waals surface area (Å²) >= 11 is 0. The number of aryl methyl sites for hydroxylation is 1. The van der Waals surface area contributed by atoms with Crippen molar-refractivity contribution in [2.75, 3.05) is 6.54 Å². The highest BCUT2D eigenvalue weighted by Crippen LogP contribution is 2.41. The highest BCUT2D eigenvalue weighted by Gasteiger charge is 2.37. The monoisotopic (exact) mass is 257 g/mol. The van der Waals surface area contributed by atoms with E-state index in [0.29, 0.717) is 5.41 Å². The van der Waals surface area contributed by atoms with Crippen molar-refractivity contribution in [3.8, 4) is 0 Å². The molecule has 2 aliphatic rings. The van der Waals surface area contributed by atoms with Gasteiger partial charge in [-0.3, -0.25) is 0 Å². The maximum atomic E-state index is 3.80. The molecule has 19 heavy (non-hydrogen) atoms. The van der Waals surface area contributed by atoms with E-state index >= 15 is 0 Å². The molecule has 0 spiro atoms. The maximum Gasteiger partial charge on any atom is 0.00780 e. The molecule has 2 fully saturated rings. The van der Waals surface area contributed by atoms with E-state index in [-0.39, 0.29) is 0 Å². The molecule has 1 aromatic carbocycles. The second-order valence-electron chi connectivity index (χ2n) is 6.98. The summed E-state index contributed by atoms with van der Waals surface area (Å²) in [6, 6.07) is 10.1. The highest BCUT2D eigenvalue weighted by atomic mass is 15.0. The van der Waals surface area contributed by atoms with Crippen LogP contribution in [0.4, 0.5) is 0 Å². The predicted molar refractivity (Wildman–Crippen MR) is 81.5 cm³/mol. The van der Waals surface area contributed by atoms with E-state index in [9.17, 15) is 0 Å². The van der Waals surface area contributed by atoms with Crippen molar-refractivity contribution in [1.29, 1.82) is 0 Å². The van der Waals surface area contributed by atoms with Crippen LogP contribution < -0.4 is 5.32 Å². The summed E-state index contributed by atoms with van der Waals surface area (Å²) < 4.78 is 0. The third-order valence-corrected chi connectivity index (χ3v) is 5.20. The Morgan fingerprint density at radius 2 is 1.68 bits per heavy atom. The molecule has 0 bridgehead atoms. The summed E-state index contributed by atoms with van der Waals surface area (Å²) in [5.74, 6) is 0.916. The van der Waals surface area contributed by atoms with Crippen LogP contribution >= 0.6 is 0 Å². The maximum absolute atomic E-state index is 3.80. The van der Waals surface area contributed by atoms with Crippen molar-refractivity contribution in [2.24, 2.45) is 5.92 Å². The van der Waals surface area contributed by atoms with Gasteiger partial charge in [-0.2, -0.15) is 0 Å². The first-order valence-electron chi connectivity index (χ1n) is 7.98. The van der Waals surface area contributed by atoms with Gasteiger partial charge in [0.05, 0.1) is 0 Å². The van der Waals surface area contributed by atoms with Crippen LogP contribution in [0.5, 0.6) is 0 Å². The molecule has 0 saturated heterocycles. The Hall–Kier alpha value is -0.820. The lowest BCUT2D eigenvalue weighted by molar-refractivity contribution is 0.233. The normalized spacial score (nSPS) is 31.4. The molecule has 0 aromatic heterocycles. The number of nitrogens with one attached hydrogen (secondary N) is 1. The Balaban J connectivity index is 1.79. The zero-order chi connectivity index (χ0) is 13.3. The topological polar surface area (TPSA) is 12.0 Å². The first kappa shape index (κ1) is 13.2. The molecule has 1 nitrogen and oxygen atoms in total. The number of hydrogen-bond donors (Lipinski definition) is 1. The molecule has 104 valence electrons. The second-order valence-corrected chi connectivity index (χ2v) is 6.98. The van der Waals surface area contributed by atoms with Gasteiger partial charge in [0.15, 0.2) is 0 Å². The van der Waals surface area contributed by atoms with Crippen molar-refractivity contribution in [1.82, 2.24) is 5.32 Å². The van der Waals surface area contributed by atoms with Gasteiger partial charge >= 0.3 is 0 Å². The van der Waals surface area contributed by atoms with Crippen molar-refractivity contribution in [3.63, 3.8) is 0 Å². The Morgan fingerprint density at radius 1 is 1.05 bits per heavy atom. The van der Waals surface area contributed by atoms with Crippen LogP contribution in [0.15, 0.2) is 24.3 Å². The van der Waals surface area contributed by atoms with Crippen LogP contribution in [0, 0.1) is 12.8 Å². The lowest BCUT2D eigenvalue weighted by Crippen LogP contribution is -2.41. The molecule has 3 rings (SSSR count). The van der Waals surface area contributed by atoms with Gasteiger partial charge in [0.2, 0.25) is 0 Å². The van der Waals surface area contributed by atoms with E-state index < -0.39 is 0 Å². The zero-order valence-corrected chi connectivity index (χ0v) is 12.4. The van der Waals surface area contributed by atoms with Gasteiger partial charge in [-0.15, -0.1) is 0 Å². The van der Waals surface area contributed by atoms with Crippen LogP contribution in [-0.2, 0) is 5.41 Å². The highest BCUT2D eigenvalue weighted by molar-refractivity contribution is 5.30. The molecule has 0 radical (unpaired) electrons. The Bertz CT molecular complexity index is 408. The summed E-state index contributed by atoms with van der Waals surface area (Å²) in [4.78, 5) is 0. The zero-order valence-electron chi connectivity index (χ0n) is 12.4. The van der Waals surface area contributed by atoms with Gasteiger partial charge in [-0.25, -0.2) is 0 Å². The van der Waals surface area contributed by atoms with Crippen molar-refractivity contribution >= 4 is 0 Å². The van der Waals surface area contributed by atoms with E-state index in [1.807, 2.05) is 0 Å². The molecule has 0 amide bonds. The van der Waals surface area contributed by atoms with E-state index in [1.54, 1.807) is 5.56 Å². The predicted octanol–water partition coefficient (Wildman–Crippen LogP) is 4.19.